The zero-order chi connectivity index (χ0) is 16.9. The molecule has 1 N–H and O–H groups in total. The Hall–Kier alpha value is -3.15. The number of nitrogens with one attached hydrogen (secondary N) is 1. The molecule has 24 heavy (non-hydrogen) atoms. The molecule has 0 fully saturated rings. The standard InChI is InChI=1S/C18H17N3O3/c1-13-15(21-10-6-5-9-16(21)20-13)12-24-17(22)11-19-18(23)14-7-3-2-4-8-14/h2-10H,11-12H2,1H3,(H,19,23). The van der Waals surface area contributed by atoms with E-state index < -0.39 is 5.97 Å². The van der Waals surface area contributed by atoms with Crippen LogP contribution in [0.1, 0.15) is 21.7 Å². The Morgan fingerprint density at radius 3 is 2.67 bits per heavy atom. The van der Waals surface area contributed by atoms with Crippen molar-refractivity contribution in [3.63, 3.8) is 0 Å². The highest BCUT2D eigenvalue weighted by molar-refractivity contribution is 5.95. The van der Waals surface area contributed by atoms with Gasteiger partial charge in [-0.15, -0.1) is 0 Å². The summed E-state index contributed by atoms with van der Waals surface area (Å²) in [6, 6.07) is 14.4. The molecule has 0 aliphatic heterocycles. The normalized spacial score (nSPS) is 10.5. The maximum Gasteiger partial charge on any atom is 0.325 e. The first-order valence-corrected chi connectivity index (χ1v) is 7.56. The van der Waals surface area contributed by atoms with E-state index >= 15 is 0 Å². The van der Waals surface area contributed by atoms with Crippen molar-refractivity contribution in [3.8, 4) is 0 Å². The summed E-state index contributed by atoms with van der Waals surface area (Å²) in [5.41, 5.74) is 2.93. The molecule has 1 amide bonds. The minimum atomic E-state index is -0.496. The number of rotatable bonds is 5. The summed E-state index contributed by atoms with van der Waals surface area (Å²) in [5.74, 6) is -0.803. The highest BCUT2D eigenvalue weighted by Crippen LogP contribution is 2.12. The van der Waals surface area contributed by atoms with Gasteiger partial charge in [0, 0.05) is 11.8 Å². The molecule has 0 spiro atoms. The fourth-order valence-corrected chi connectivity index (χ4v) is 2.38. The number of benzene rings is 1. The zero-order valence-corrected chi connectivity index (χ0v) is 13.2. The molecule has 3 aromatic rings. The number of aryl methyl sites for hydroxylation is 1. The lowest BCUT2D eigenvalue weighted by Crippen LogP contribution is -2.30. The molecular weight excluding hydrogens is 306 g/mol. The molecule has 0 bridgehead atoms. The molecule has 0 radical (unpaired) electrons. The van der Waals surface area contributed by atoms with Crippen LogP contribution in [0.25, 0.3) is 5.65 Å². The van der Waals surface area contributed by atoms with Crippen molar-refractivity contribution in [1.82, 2.24) is 14.7 Å². The molecule has 3 rings (SSSR count). The summed E-state index contributed by atoms with van der Waals surface area (Å²) >= 11 is 0. The van der Waals surface area contributed by atoms with Crippen molar-refractivity contribution in [1.29, 1.82) is 0 Å². The average Bonchev–Trinajstić information content (AvgIpc) is 2.93. The summed E-state index contributed by atoms with van der Waals surface area (Å²) < 4.78 is 7.13. The lowest BCUT2D eigenvalue weighted by Gasteiger charge is -2.07. The topological polar surface area (TPSA) is 72.7 Å². The molecule has 0 unspecified atom stereocenters. The molecular formula is C18H17N3O3. The van der Waals surface area contributed by atoms with Crippen molar-refractivity contribution in [2.75, 3.05) is 6.54 Å². The third kappa shape index (κ3) is 3.43. The van der Waals surface area contributed by atoms with E-state index in [0.717, 1.165) is 17.0 Å². The Labute approximate surface area is 139 Å². The van der Waals surface area contributed by atoms with Crippen molar-refractivity contribution in [2.45, 2.75) is 13.5 Å². The minimum absolute atomic E-state index is 0.108. The van der Waals surface area contributed by atoms with Gasteiger partial charge in [-0.2, -0.15) is 0 Å². The molecule has 6 heteroatoms. The van der Waals surface area contributed by atoms with E-state index in [1.807, 2.05) is 41.8 Å². The van der Waals surface area contributed by atoms with Crippen LogP contribution in [0.2, 0.25) is 0 Å². The first-order valence-electron chi connectivity index (χ1n) is 7.56. The van der Waals surface area contributed by atoms with Gasteiger partial charge in [0.25, 0.3) is 5.91 Å². The largest absolute Gasteiger partial charge is 0.458 e. The molecule has 122 valence electrons. The van der Waals surface area contributed by atoms with Crippen molar-refractivity contribution >= 4 is 17.5 Å². The predicted octanol–water partition coefficient (Wildman–Crippen LogP) is 2.12. The van der Waals surface area contributed by atoms with E-state index in [1.54, 1.807) is 24.3 Å². The van der Waals surface area contributed by atoms with Gasteiger partial charge in [-0.1, -0.05) is 24.3 Å². The van der Waals surface area contributed by atoms with Gasteiger partial charge in [-0.05, 0) is 31.2 Å². The lowest BCUT2D eigenvalue weighted by atomic mass is 10.2. The third-order valence-electron chi connectivity index (χ3n) is 3.63. The first kappa shape index (κ1) is 15.7. The third-order valence-corrected chi connectivity index (χ3v) is 3.63. The number of hydrogen-bond acceptors (Lipinski definition) is 4. The molecule has 1 aromatic carbocycles. The van der Waals surface area contributed by atoms with E-state index in [1.165, 1.54) is 0 Å². The summed E-state index contributed by atoms with van der Waals surface area (Å²) in [6.45, 7) is 1.80. The highest BCUT2D eigenvalue weighted by Gasteiger charge is 2.12. The summed E-state index contributed by atoms with van der Waals surface area (Å²) in [7, 11) is 0. The van der Waals surface area contributed by atoms with Crippen LogP contribution in [-0.2, 0) is 16.1 Å². The van der Waals surface area contributed by atoms with Crippen LogP contribution in [0.5, 0.6) is 0 Å². The van der Waals surface area contributed by atoms with E-state index in [2.05, 4.69) is 10.3 Å². The Kier molecular flexibility index (Phi) is 4.56. The monoisotopic (exact) mass is 323 g/mol. The summed E-state index contributed by atoms with van der Waals surface area (Å²) in [6.07, 6.45) is 1.87. The second-order valence-corrected chi connectivity index (χ2v) is 5.28. The number of nitrogens with zero attached hydrogens (tertiary/aromatic N) is 2. The van der Waals surface area contributed by atoms with Gasteiger partial charge in [0.05, 0.1) is 11.4 Å². The fraction of sp³-hybridized carbons (Fsp3) is 0.167. The fourth-order valence-electron chi connectivity index (χ4n) is 2.38. The predicted molar refractivity (Wildman–Crippen MR) is 88.5 cm³/mol. The number of esters is 1. The molecule has 6 nitrogen and oxygen atoms in total. The Morgan fingerprint density at radius 2 is 1.88 bits per heavy atom. The molecule has 0 aliphatic carbocycles. The van der Waals surface area contributed by atoms with Crippen LogP contribution in [0.15, 0.2) is 54.7 Å². The second-order valence-electron chi connectivity index (χ2n) is 5.28. The second kappa shape index (κ2) is 6.95. The van der Waals surface area contributed by atoms with Crippen LogP contribution < -0.4 is 5.32 Å². The van der Waals surface area contributed by atoms with E-state index in [9.17, 15) is 9.59 Å². The first-order chi connectivity index (χ1) is 11.6. The Balaban J connectivity index is 1.56. The van der Waals surface area contributed by atoms with E-state index in [4.69, 9.17) is 4.74 Å². The summed E-state index contributed by atoms with van der Waals surface area (Å²) in [5, 5.41) is 2.54. The average molecular weight is 323 g/mol. The maximum absolute atomic E-state index is 11.9. The van der Waals surface area contributed by atoms with Gasteiger partial charge in [0.1, 0.15) is 18.8 Å². The number of ether oxygens (including phenoxy) is 1. The molecule has 2 aromatic heterocycles. The highest BCUT2D eigenvalue weighted by atomic mass is 16.5. The van der Waals surface area contributed by atoms with Gasteiger partial charge in [-0.3, -0.25) is 9.59 Å². The number of imidazole rings is 1. The van der Waals surface area contributed by atoms with Crippen molar-refractivity contribution < 1.29 is 14.3 Å². The Bertz CT molecular complexity index is 872. The number of carbonyl (C=O) groups is 2. The van der Waals surface area contributed by atoms with Crippen LogP contribution in [0, 0.1) is 6.92 Å². The van der Waals surface area contributed by atoms with Gasteiger partial charge in [-0.25, -0.2) is 4.98 Å². The van der Waals surface area contributed by atoms with Gasteiger partial charge in [0.15, 0.2) is 0 Å². The van der Waals surface area contributed by atoms with Crippen LogP contribution in [0.3, 0.4) is 0 Å². The van der Waals surface area contributed by atoms with Crippen LogP contribution >= 0.6 is 0 Å². The molecule has 0 aliphatic rings. The molecule has 0 atom stereocenters. The van der Waals surface area contributed by atoms with Crippen molar-refractivity contribution in [2.24, 2.45) is 0 Å². The van der Waals surface area contributed by atoms with E-state index in [0.29, 0.717) is 5.56 Å². The number of pyridine rings is 1. The summed E-state index contributed by atoms with van der Waals surface area (Å²) in [4.78, 5) is 28.1. The number of hydrogen-bond donors (Lipinski definition) is 1. The minimum Gasteiger partial charge on any atom is -0.458 e. The quantitative estimate of drug-likeness (QED) is 0.730. The molecule has 0 saturated carbocycles. The number of fused-ring (bicyclic) bond motifs is 1. The van der Waals surface area contributed by atoms with Crippen LogP contribution in [0.4, 0.5) is 0 Å². The van der Waals surface area contributed by atoms with Crippen molar-refractivity contribution in [3.05, 3.63) is 71.7 Å². The number of aromatic nitrogens is 2. The zero-order valence-electron chi connectivity index (χ0n) is 13.2. The van der Waals surface area contributed by atoms with Crippen LogP contribution in [-0.4, -0.2) is 27.8 Å². The Morgan fingerprint density at radius 1 is 1.12 bits per heavy atom. The SMILES string of the molecule is Cc1nc2ccccn2c1COC(=O)CNC(=O)c1ccccc1. The van der Waals surface area contributed by atoms with Gasteiger partial charge >= 0.3 is 5.97 Å². The van der Waals surface area contributed by atoms with Gasteiger partial charge in [0.2, 0.25) is 0 Å². The molecule has 2 heterocycles. The smallest absolute Gasteiger partial charge is 0.325 e. The van der Waals surface area contributed by atoms with E-state index in [-0.39, 0.29) is 19.1 Å². The lowest BCUT2D eigenvalue weighted by molar-refractivity contribution is -0.143. The van der Waals surface area contributed by atoms with Gasteiger partial charge < -0.3 is 14.5 Å². The number of amides is 1. The molecule has 0 saturated heterocycles. The maximum atomic E-state index is 11.9. The number of carbonyl (C=O) groups excluding carboxylic acids is 2.